The summed E-state index contributed by atoms with van der Waals surface area (Å²) in [4.78, 5) is 0. The number of fused-ring (bicyclic) bond motifs is 6. The Kier molecular flexibility index (Phi) is 3.46. The van der Waals surface area contributed by atoms with E-state index in [9.17, 15) is 0 Å². The first kappa shape index (κ1) is 16.3. The lowest BCUT2D eigenvalue weighted by Crippen LogP contribution is -1.98. The summed E-state index contributed by atoms with van der Waals surface area (Å²) in [6.45, 7) is 0. The molecule has 6 aromatic rings. The number of para-hydroxylation sites is 1. The first-order valence-electron chi connectivity index (χ1n) is 9.31. The average molecular weight is 377 g/mol. The van der Waals surface area contributed by atoms with Gasteiger partial charge in [-0.2, -0.15) is 0 Å². The Bertz CT molecular complexity index is 1530. The van der Waals surface area contributed by atoms with Crippen LogP contribution >= 0.6 is 0 Å². The number of furan rings is 2. The summed E-state index contributed by atoms with van der Waals surface area (Å²) < 4.78 is 17.0. The molecule has 6 rings (SSSR count). The average Bonchev–Trinajstić information content (AvgIpc) is 3.31. The van der Waals surface area contributed by atoms with Gasteiger partial charge in [0.15, 0.2) is 0 Å². The molecule has 1 radical (unpaired) electrons. The third-order valence-electron chi connectivity index (χ3n) is 5.34. The van der Waals surface area contributed by atoms with Crippen molar-refractivity contribution in [1.82, 2.24) is 0 Å². The van der Waals surface area contributed by atoms with Crippen LogP contribution in [0.3, 0.4) is 0 Å². The Balaban J connectivity index is 1.55. The van der Waals surface area contributed by atoms with Crippen LogP contribution in [-0.2, 0) is 0 Å². The predicted molar refractivity (Wildman–Crippen MR) is 115 cm³/mol. The molecule has 0 fully saturated rings. The van der Waals surface area contributed by atoms with Gasteiger partial charge in [-0.15, -0.1) is 0 Å². The molecular formula is C24H14BO4. The predicted octanol–water partition coefficient (Wildman–Crippen LogP) is 6.06. The standard InChI is InChI=1S/C24H14BO4/c26-25-29-16-7-10-24-20(13-16)19-12-15(6-9-23(19)28-24)14-5-8-22-18(11-14)17-3-1-2-4-21(17)27-22/h1-13,26H. The molecule has 0 aliphatic rings. The van der Waals surface area contributed by atoms with Crippen molar-refractivity contribution in [3.8, 4) is 16.9 Å². The van der Waals surface area contributed by atoms with Crippen LogP contribution < -0.4 is 4.65 Å². The van der Waals surface area contributed by atoms with Gasteiger partial charge in [0.05, 0.1) is 0 Å². The largest absolute Gasteiger partial charge is 0.569 e. The fourth-order valence-electron chi connectivity index (χ4n) is 3.98. The highest BCUT2D eigenvalue weighted by molar-refractivity contribution is 6.17. The van der Waals surface area contributed by atoms with Crippen molar-refractivity contribution in [2.24, 2.45) is 0 Å². The highest BCUT2D eigenvalue weighted by Crippen LogP contribution is 2.36. The topological polar surface area (TPSA) is 55.7 Å². The molecule has 1 N–H and O–H groups in total. The van der Waals surface area contributed by atoms with Crippen LogP contribution in [0.25, 0.3) is 55.0 Å². The second-order valence-electron chi connectivity index (χ2n) is 7.00. The minimum atomic E-state index is 0.555. The number of hydrogen-bond acceptors (Lipinski definition) is 4. The highest BCUT2D eigenvalue weighted by Gasteiger charge is 2.12. The van der Waals surface area contributed by atoms with Gasteiger partial charge in [-0.25, -0.2) is 0 Å². The molecule has 0 aliphatic carbocycles. The van der Waals surface area contributed by atoms with Crippen molar-refractivity contribution in [3.63, 3.8) is 0 Å². The SMILES string of the molecule is O[B]Oc1ccc2oc3ccc(-c4ccc5oc6ccccc6c5c4)cc3c2c1. The molecule has 0 unspecified atom stereocenters. The molecule has 0 aliphatic heterocycles. The van der Waals surface area contributed by atoms with E-state index >= 15 is 0 Å². The van der Waals surface area contributed by atoms with E-state index < -0.39 is 0 Å². The normalized spacial score (nSPS) is 11.6. The lowest BCUT2D eigenvalue weighted by Gasteiger charge is -2.03. The number of rotatable bonds is 3. The third-order valence-corrected chi connectivity index (χ3v) is 5.34. The van der Waals surface area contributed by atoms with Crippen LogP contribution in [0.15, 0.2) is 87.7 Å². The Morgan fingerprint density at radius 1 is 0.586 bits per heavy atom. The lowest BCUT2D eigenvalue weighted by molar-refractivity contribution is 0.454. The van der Waals surface area contributed by atoms with Crippen LogP contribution in [0.2, 0.25) is 0 Å². The minimum absolute atomic E-state index is 0.555. The summed E-state index contributed by atoms with van der Waals surface area (Å²) >= 11 is 0. The van der Waals surface area contributed by atoms with Gasteiger partial charge < -0.3 is 18.5 Å². The van der Waals surface area contributed by atoms with E-state index in [0.29, 0.717) is 13.4 Å². The molecule has 0 amide bonds. The summed E-state index contributed by atoms with van der Waals surface area (Å²) in [5.74, 6) is 0.555. The van der Waals surface area contributed by atoms with Crippen molar-refractivity contribution in [2.45, 2.75) is 0 Å². The van der Waals surface area contributed by atoms with E-state index in [-0.39, 0.29) is 0 Å². The first-order chi connectivity index (χ1) is 14.3. The molecule has 4 nitrogen and oxygen atoms in total. The fraction of sp³-hybridized carbons (Fsp3) is 0. The quantitative estimate of drug-likeness (QED) is 0.381. The number of benzene rings is 4. The van der Waals surface area contributed by atoms with E-state index in [2.05, 4.69) is 30.3 Å². The third kappa shape index (κ3) is 2.52. The maximum absolute atomic E-state index is 8.91. The van der Waals surface area contributed by atoms with Crippen LogP contribution in [0.5, 0.6) is 5.75 Å². The highest BCUT2D eigenvalue weighted by atomic mass is 16.5. The van der Waals surface area contributed by atoms with Gasteiger partial charge in [0, 0.05) is 21.5 Å². The van der Waals surface area contributed by atoms with Gasteiger partial charge >= 0.3 is 7.69 Å². The first-order valence-corrected chi connectivity index (χ1v) is 9.31. The molecule has 4 aromatic carbocycles. The van der Waals surface area contributed by atoms with Crippen LogP contribution in [0, 0.1) is 0 Å². The van der Waals surface area contributed by atoms with Gasteiger partial charge in [-0.05, 0) is 59.7 Å². The smallest absolute Gasteiger partial charge is 0.537 e. The van der Waals surface area contributed by atoms with Gasteiger partial charge in [0.25, 0.3) is 0 Å². The van der Waals surface area contributed by atoms with Crippen LogP contribution in [-0.4, -0.2) is 12.7 Å². The Morgan fingerprint density at radius 3 is 1.83 bits per heavy atom. The maximum atomic E-state index is 8.91. The van der Waals surface area contributed by atoms with E-state index in [1.54, 1.807) is 6.07 Å². The van der Waals surface area contributed by atoms with Crippen molar-refractivity contribution >= 4 is 51.6 Å². The van der Waals surface area contributed by atoms with E-state index in [1.807, 2.05) is 42.5 Å². The molecule has 0 spiro atoms. The zero-order valence-corrected chi connectivity index (χ0v) is 15.3. The Labute approximate surface area is 166 Å². The number of hydrogen-bond donors (Lipinski definition) is 1. The molecule has 5 heteroatoms. The summed E-state index contributed by atoms with van der Waals surface area (Å²) in [7, 11) is 0.680. The second-order valence-corrected chi connectivity index (χ2v) is 7.00. The molecule has 0 saturated heterocycles. The molecule has 29 heavy (non-hydrogen) atoms. The zero-order valence-electron chi connectivity index (χ0n) is 15.3. The molecule has 2 heterocycles. The summed E-state index contributed by atoms with van der Waals surface area (Å²) in [5, 5.41) is 13.1. The summed E-state index contributed by atoms with van der Waals surface area (Å²) in [6, 6.07) is 26.0. The Morgan fingerprint density at radius 2 is 1.14 bits per heavy atom. The monoisotopic (exact) mass is 377 g/mol. The molecular weight excluding hydrogens is 363 g/mol. The molecule has 2 aromatic heterocycles. The minimum Gasteiger partial charge on any atom is -0.537 e. The fourth-order valence-corrected chi connectivity index (χ4v) is 3.98. The van der Waals surface area contributed by atoms with Crippen molar-refractivity contribution < 1.29 is 18.5 Å². The van der Waals surface area contributed by atoms with Gasteiger partial charge in [-0.1, -0.05) is 30.3 Å². The Hall–Kier alpha value is -3.70. The van der Waals surface area contributed by atoms with Gasteiger partial charge in [-0.3, -0.25) is 0 Å². The van der Waals surface area contributed by atoms with Crippen molar-refractivity contribution in [3.05, 3.63) is 78.9 Å². The van der Waals surface area contributed by atoms with Gasteiger partial charge in [0.2, 0.25) is 0 Å². The molecule has 137 valence electrons. The van der Waals surface area contributed by atoms with Crippen LogP contribution in [0.1, 0.15) is 0 Å². The van der Waals surface area contributed by atoms with Crippen LogP contribution in [0.4, 0.5) is 0 Å². The van der Waals surface area contributed by atoms with E-state index in [4.69, 9.17) is 18.5 Å². The summed E-state index contributed by atoms with van der Waals surface area (Å²) in [6.07, 6.45) is 0. The molecule has 0 atom stereocenters. The van der Waals surface area contributed by atoms with E-state index in [1.165, 1.54) is 0 Å². The van der Waals surface area contributed by atoms with Gasteiger partial charge in [0.1, 0.15) is 28.1 Å². The van der Waals surface area contributed by atoms with E-state index in [0.717, 1.165) is 55.0 Å². The lowest BCUT2D eigenvalue weighted by atomic mass is 10.0. The zero-order chi connectivity index (χ0) is 19.4. The van der Waals surface area contributed by atoms with Crippen molar-refractivity contribution in [1.29, 1.82) is 0 Å². The molecule has 0 saturated carbocycles. The second kappa shape index (κ2) is 6.16. The van der Waals surface area contributed by atoms with Crippen molar-refractivity contribution in [2.75, 3.05) is 0 Å². The molecule has 0 bridgehead atoms. The maximum Gasteiger partial charge on any atom is 0.569 e. The summed E-state index contributed by atoms with van der Waals surface area (Å²) in [5.41, 5.74) is 5.56.